The minimum Gasteiger partial charge on any atom is -0.494 e. The van der Waals surface area contributed by atoms with Crippen LogP contribution < -0.4 is 52.1 Å². The van der Waals surface area contributed by atoms with Gasteiger partial charge in [-0.3, -0.25) is 0 Å². The highest BCUT2D eigenvalue weighted by Crippen LogP contribution is 2.42. The van der Waals surface area contributed by atoms with Gasteiger partial charge in [-0.05, 0) is 184 Å². The summed E-state index contributed by atoms with van der Waals surface area (Å²) in [6.45, 7) is 13.1. The summed E-state index contributed by atoms with van der Waals surface area (Å²) < 4.78 is 95.9. The van der Waals surface area contributed by atoms with E-state index in [9.17, 15) is 24.0 Å². The molecule has 7 aromatic rings. The van der Waals surface area contributed by atoms with Crippen LogP contribution in [0.2, 0.25) is 0 Å². The van der Waals surface area contributed by atoms with Gasteiger partial charge in [0.25, 0.3) is 0 Å². The molecule has 4 aliphatic rings. The van der Waals surface area contributed by atoms with Gasteiger partial charge in [-0.25, -0.2) is 24.0 Å². The van der Waals surface area contributed by atoms with Crippen LogP contribution in [0.15, 0.2) is 158 Å². The summed E-state index contributed by atoms with van der Waals surface area (Å²) in [5, 5.41) is 0. The van der Waals surface area contributed by atoms with E-state index in [1.165, 1.54) is 74.9 Å². The number of carbonyl (C=O) groups excluding carboxylic acids is 5. The van der Waals surface area contributed by atoms with Crippen LogP contribution in [0.5, 0.6) is 63.2 Å². The van der Waals surface area contributed by atoms with Gasteiger partial charge in [-0.2, -0.15) is 0 Å². The summed E-state index contributed by atoms with van der Waals surface area (Å²) in [6.07, 6.45) is 19.5. The van der Waals surface area contributed by atoms with Gasteiger partial charge in [0.1, 0.15) is 52.5 Å². The Morgan fingerprint density at radius 1 is 0.271 bits per heavy atom. The second kappa shape index (κ2) is 44.5. The van der Waals surface area contributed by atoms with E-state index in [1.807, 2.05) is 0 Å². The van der Waals surface area contributed by atoms with Gasteiger partial charge in [0.05, 0.1) is 119 Å². The molecule has 0 N–H and O–H groups in total. The molecule has 22 nitrogen and oxygen atoms in total. The van der Waals surface area contributed by atoms with E-state index in [-0.39, 0.29) is 57.5 Å². The quantitative estimate of drug-likeness (QED) is 0.0149. The molecule has 0 bridgehead atoms. The second-order valence-electron chi connectivity index (χ2n) is 26.4. The summed E-state index contributed by atoms with van der Waals surface area (Å²) >= 11 is 0. The van der Waals surface area contributed by atoms with Crippen molar-refractivity contribution in [1.82, 2.24) is 0 Å². The summed E-state index contributed by atoms with van der Waals surface area (Å²) in [4.78, 5) is 68.1. The Balaban J connectivity index is 0.000000375. The number of carbonyl (C=O) groups is 5. The third kappa shape index (κ3) is 30.3. The Hall–Kier alpha value is -9.55. The molecule has 4 aliphatic heterocycles. The number of rotatable bonds is 50. The number of benzene rings is 7. The summed E-state index contributed by atoms with van der Waals surface area (Å²) in [5.41, 5.74) is 1.04. The van der Waals surface area contributed by atoms with E-state index in [0.29, 0.717) is 113 Å². The smallest absolute Gasteiger partial charge is 0.343 e. The van der Waals surface area contributed by atoms with E-state index in [4.69, 9.17) is 80.5 Å². The lowest BCUT2D eigenvalue weighted by Crippen LogP contribution is -2.16. The highest BCUT2D eigenvalue weighted by Gasteiger charge is 2.28. The van der Waals surface area contributed by atoms with E-state index < -0.39 is 29.8 Å². The van der Waals surface area contributed by atoms with Crippen LogP contribution in [0.3, 0.4) is 0 Å². The predicted octanol–water partition coefficient (Wildman–Crippen LogP) is 16.4. The Morgan fingerprint density at radius 3 is 0.776 bits per heavy atom. The summed E-state index contributed by atoms with van der Waals surface area (Å²) in [7, 11) is 0. The van der Waals surface area contributed by atoms with Crippen molar-refractivity contribution in [3.8, 4) is 63.2 Å². The van der Waals surface area contributed by atoms with Gasteiger partial charge >= 0.3 is 29.8 Å². The molecule has 4 heterocycles. The Labute approximate surface area is 626 Å². The number of esters is 5. The molecule has 0 aromatic heterocycles. The van der Waals surface area contributed by atoms with Gasteiger partial charge in [-0.1, -0.05) is 78.1 Å². The second-order valence-corrected chi connectivity index (χ2v) is 26.4. The molecule has 572 valence electrons. The van der Waals surface area contributed by atoms with Crippen molar-refractivity contribution >= 4 is 29.8 Å². The average molecular weight is 1470 g/mol. The zero-order chi connectivity index (χ0) is 74.5. The molecule has 22 heteroatoms. The monoisotopic (exact) mass is 1470 g/mol. The molecule has 4 fully saturated rings. The lowest BCUT2D eigenvalue weighted by Gasteiger charge is -2.16. The third-order valence-electron chi connectivity index (χ3n) is 17.4. The Morgan fingerprint density at radius 2 is 0.495 bits per heavy atom. The van der Waals surface area contributed by atoms with Crippen LogP contribution in [-0.2, 0) is 28.4 Å². The minimum absolute atomic E-state index is 0.135. The minimum atomic E-state index is -0.838. The normalized spacial score (nSPS) is 15.6. The molecule has 4 unspecified atom stereocenters. The van der Waals surface area contributed by atoms with Gasteiger partial charge in [-0.15, -0.1) is 0 Å². The third-order valence-corrected chi connectivity index (χ3v) is 17.4. The zero-order valence-corrected chi connectivity index (χ0v) is 61.4. The zero-order valence-electron chi connectivity index (χ0n) is 61.4. The van der Waals surface area contributed by atoms with Crippen molar-refractivity contribution in [1.29, 1.82) is 0 Å². The van der Waals surface area contributed by atoms with Crippen molar-refractivity contribution in [3.63, 3.8) is 0 Å². The lowest BCUT2D eigenvalue weighted by molar-refractivity contribution is 0.0662. The van der Waals surface area contributed by atoms with E-state index in [1.54, 1.807) is 121 Å². The molecule has 7 aromatic carbocycles. The van der Waals surface area contributed by atoms with Crippen molar-refractivity contribution in [3.05, 3.63) is 186 Å². The number of ether oxygens (including phenoxy) is 17. The number of unbranched alkanes of at least 4 members (excludes halogenated alkanes) is 12. The number of hydrogen-bond acceptors (Lipinski definition) is 22. The molecular formula is C85H100O22. The van der Waals surface area contributed by atoms with Crippen molar-refractivity contribution in [2.45, 2.75) is 154 Å². The highest BCUT2D eigenvalue weighted by molar-refractivity contribution is 5.96. The van der Waals surface area contributed by atoms with Crippen LogP contribution in [-0.4, -0.2) is 147 Å². The Bertz CT molecular complexity index is 3610. The highest BCUT2D eigenvalue weighted by atomic mass is 16.6. The van der Waals surface area contributed by atoms with Crippen LogP contribution in [0.25, 0.3) is 0 Å². The fourth-order valence-corrected chi connectivity index (χ4v) is 10.7. The average Bonchev–Trinajstić information content (AvgIpc) is 1.79. The molecule has 0 aliphatic carbocycles. The first-order chi connectivity index (χ1) is 52.5. The van der Waals surface area contributed by atoms with Gasteiger partial charge in [0.15, 0.2) is 23.0 Å². The van der Waals surface area contributed by atoms with E-state index >= 15 is 0 Å². The van der Waals surface area contributed by atoms with Crippen molar-refractivity contribution in [2.75, 3.05) is 92.5 Å². The molecule has 0 radical (unpaired) electrons. The number of hydrogen-bond donors (Lipinski definition) is 0. The topological polar surface area (TPSA) is 255 Å². The molecule has 0 amide bonds. The maximum Gasteiger partial charge on any atom is 0.343 e. The van der Waals surface area contributed by atoms with Crippen LogP contribution >= 0.6 is 0 Å². The van der Waals surface area contributed by atoms with E-state index in [0.717, 1.165) is 115 Å². The molecule has 11 rings (SSSR count). The molecular weight excluding hydrogens is 1370 g/mol. The summed E-state index contributed by atoms with van der Waals surface area (Å²) in [5.74, 6) is -0.803. The summed E-state index contributed by atoms with van der Waals surface area (Å²) in [6, 6.07) is 41.9. The van der Waals surface area contributed by atoms with Crippen LogP contribution in [0.1, 0.15) is 181 Å². The number of epoxide rings is 4. The van der Waals surface area contributed by atoms with Gasteiger partial charge < -0.3 is 80.5 Å². The molecule has 0 saturated carbocycles. The fraction of sp³-hybridized carbons (Fsp3) is 0.447. The van der Waals surface area contributed by atoms with Gasteiger partial charge in [0.2, 0.25) is 0 Å². The first-order valence-electron chi connectivity index (χ1n) is 37.8. The molecule has 0 spiro atoms. The first-order valence-corrected chi connectivity index (χ1v) is 37.8. The SMILES string of the molecule is CCCCCCCCOc1ccc(C(=O)Oc2cc(OC(=O)c3ccc(OCCCCOCC4CO4)cc3)c(OC(=O)c3ccc(OCCCCCCCC)cc3)cc2OC(=O)c2ccc(OCCCCOCC3CO3)cc2)cc1.O=C(Oc1ccc(OCCC2CO2)cc1)c1ccc(OCCC2CO2)cc1. The van der Waals surface area contributed by atoms with Gasteiger partial charge in [0, 0.05) is 38.2 Å². The standard InChI is InChI=1S/C64H78O16.C21H22O6/c1-3-5-7-9-11-13-37-71-51-27-19-47(20-28-51)61(65)77-57-41-60(80-64(68)50-25-33-54(34-26-50)74-40-18-16-36-70-44-56-46-76-56)58(78-62(66)48-21-29-52(30-22-48)72-38-14-12-10-8-6-4-2)42-59(57)79-63(67)49-23-31-53(32-24-49)73-39-17-15-35-69-43-55-45-75-55;22-21(15-1-3-16(4-2-15)23-11-9-19-13-25-19)27-18-7-5-17(6-8-18)24-12-10-20-14-26-20/h19-34,41-42,55-56H,3-18,35-40,43-46H2,1-2H3;1-8,19-20H,9-14H2. The maximum atomic E-state index is 14.0. The largest absolute Gasteiger partial charge is 0.494 e. The van der Waals surface area contributed by atoms with Crippen LogP contribution in [0, 0.1) is 0 Å². The lowest BCUT2D eigenvalue weighted by atomic mass is 10.1. The molecule has 107 heavy (non-hydrogen) atoms. The molecule has 4 saturated heterocycles. The van der Waals surface area contributed by atoms with Crippen molar-refractivity contribution in [2.24, 2.45) is 0 Å². The first kappa shape index (κ1) is 80.0. The predicted molar refractivity (Wildman–Crippen MR) is 398 cm³/mol. The Kier molecular flexibility index (Phi) is 33.3. The van der Waals surface area contributed by atoms with Crippen molar-refractivity contribution < 1.29 is 104 Å². The van der Waals surface area contributed by atoms with Crippen LogP contribution in [0.4, 0.5) is 0 Å². The molecule has 4 atom stereocenters. The fourth-order valence-electron chi connectivity index (χ4n) is 10.7. The maximum absolute atomic E-state index is 14.0. The van der Waals surface area contributed by atoms with E-state index in [2.05, 4.69) is 13.8 Å².